The fraction of sp³-hybridized carbons (Fsp3) is 0.722. The molecule has 26 heavy (non-hydrogen) atoms. The Kier molecular flexibility index (Phi) is 4.27. The van der Waals surface area contributed by atoms with E-state index in [1.54, 1.807) is 13.4 Å². The van der Waals surface area contributed by atoms with Gasteiger partial charge in [-0.1, -0.05) is 0 Å². The summed E-state index contributed by atoms with van der Waals surface area (Å²) in [5.41, 5.74) is 0.268. The van der Waals surface area contributed by atoms with Crippen LogP contribution in [0.1, 0.15) is 39.0 Å². The molecule has 4 heterocycles. The summed E-state index contributed by atoms with van der Waals surface area (Å²) in [5.74, 6) is 0. The number of aryl methyl sites for hydroxylation is 2. The van der Waals surface area contributed by atoms with Crippen molar-refractivity contribution in [1.29, 1.82) is 0 Å². The van der Waals surface area contributed by atoms with Crippen molar-refractivity contribution in [2.24, 2.45) is 14.1 Å². The van der Waals surface area contributed by atoms with E-state index in [0.717, 1.165) is 23.8 Å². The molecule has 0 aromatic carbocycles. The number of rotatable bonds is 4. The molecule has 2 saturated heterocycles. The van der Waals surface area contributed by atoms with Crippen LogP contribution in [0.25, 0.3) is 11.2 Å². The summed E-state index contributed by atoms with van der Waals surface area (Å²) in [6.45, 7) is 2.92. The molecule has 0 saturated carbocycles. The minimum absolute atomic E-state index is 0.155. The molecule has 2 fully saturated rings. The second kappa shape index (κ2) is 6.35. The zero-order valence-corrected chi connectivity index (χ0v) is 15.6. The standard InChI is InChI=1S/C18H27N5O3/c1-11(23-12-4-5-13(23)9-14(24)8-12)6-7-22-10-19-16-15(22)17(25)21(3)18(26)20(16)2/h10-14,24H,4-9H2,1-3H3. The third-order valence-corrected chi connectivity index (χ3v) is 6.28. The van der Waals surface area contributed by atoms with Gasteiger partial charge in [0, 0.05) is 38.8 Å². The Morgan fingerprint density at radius 3 is 2.50 bits per heavy atom. The first kappa shape index (κ1) is 17.5. The highest BCUT2D eigenvalue weighted by atomic mass is 16.3. The topological polar surface area (TPSA) is 85.3 Å². The molecule has 2 aromatic heterocycles. The van der Waals surface area contributed by atoms with Gasteiger partial charge in [0.25, 0.3) is 5.56 Å². The number of piperidine rings is 1. The zero-order valence-electron chi connectivity index (χ0n) is 15.6. The first-order chi connectivity index (χ1) is 12.4. The van der Waals surface area contributed by atoms with Crippen LogP contribution in [-0.2, 0) is 20.6 Å². The number of aliphatic hydroxyl groups is 1. The molecule has 1 N–H and O–H groups in total. The summed E-state index contributed by atoms with van der Waals surface area (Å²) in [7, 11) is 3.14. The molecule has 8 nitrogen and oxygen atoms in total. The van der Waals surface area contributed by atoms with Crippen molar-refractivity contribution in [3.05, 3.63) is 27.2 Å². The highest BCUT2D eigenvalue weighted by Gasteiger charge is 2.42. The lowest BCUT2D eigenvalue weighted by molar-refractivity contribution is 0.0117. The SMILES string of the molecule is CC(CCn1cnc2c1c(=O)n(C)c(=O)n2C)N1C2CCC1CC(O)C2. The third kappa shape index (κ3) is 2.63. The maximum atomic E-state index is 12.5. The van der Waals surface area contributed by atoms with Gasteiger partial charge in [0.2, 0.25) is 0 Å². The van der Waals surface area contributed by atoms with Crippen LogP contribution < -0.4 is 11.2 Å². The second-order valence-corrected chi connectivity index (χ2v) is 7.91. The Morgan fingerprint density at radius 1 is 1.19 bits per heavy atom. The molecule has 2 aliphatic rings. The molecule has 2 bridgehead atoms. The molecule has 0 aliphatic carbocycles. The Morgan fingerprint density at radius 2 is 1.85 bits per heavy atom. The summed E-state index contributed by atoms with van der Waals surface area (Å²) < 4.78 is 4.42. The van der Waals surface area contributed by atoms with Gasteiger partial charge in [-0.05, 0) is 39.0 Å². The van der Waals surface area contributed by atoms with E-state index >= 15 is 0 Å². The van der Waals surface area contributed by atoms with Crippen LogP contribution in [0.3, 0.4) is 0 Å². The van der Waals surface area contributed by atoms with E-state index in [4.69, 9.17) is 0 Å². The average molecular weight is 361 g/mol. The van der Waals surface area contributed by atoms with Gasteiger partial charge in [-0.15, -0.1) is 0 Å². The lowest BCUT2D eigenvalue weighted by Gasteiger charge is -2.41. The first-order valence-electron chi connectivity index (χ1n) is 9.44. The second-order valence-electron chi connectivity index (χ2n) is 7.91. The highest BCUT2D eigenvalue weighted by Crippen LogP contribution is 2.37. The van der Waals surface area contributed by atoms with E-state index in [0.29, 0.717) is 35.8 Å². The van der Waals surface area contributed by atoms with Gasteiger partial charge in [-0.2, -0.15) is 0 Å². The van der Waals surface area contributed by atoms with E-state index in [2.05, 4.69) is 16.8 Å². The molecule has 3 unspecified atom stereocenters. The number of fused-ring (bicyclic) bond motifs is 3. The fourth-order valence-electron chi connectivity index (χ4n) is 4.95. The van der Waals surface area contributed by atoms with Crippen LogP contribution in [0.4, 0.5) is 0 Å². The first-order valence-corrected chi connectivity index (χ1v) is 9.44. The summed E-state index contributed by atoms with van der Waals surface area (Å²) >= 11 is 0. The minimum atomic E-state index is -0.357. The summed E-state index contributed by atoms with van der Waals surface area (Å²) in [4.78, 5) is 31.4. The average Bonchev–Trinajstić information content (AvgIpc) is 3.15. The van der Waals surface area contributed by atoms with Crippen LogP contribution in [0, 0.1) is 0 Å². The molecule has 0 radical (unpaired) electrons. The van der Waals surface area contributed by atoms with Crippen molar-refractivity contribution in [3.8, 4) is 0 Å². The predicted molar refractivity (Wildman–Crippen MR) is 98.2 cm³/mol. The monoisotopic (exact) mass is 361 g/mol. The molecule has 2 aromatic rings. The van der Waals surface area contributed by atoms with Gasteiger partial charge < -0.3 is 9.67 Å². The minimum Gasteiger partial charge on any atom is -0.393 e. The summed E-state index contributed by atoms with van der Waals surface area (Å²) in [5, 5.41) is 9.99. The van der Waals surface area contributed by atoms with Crippen LogP contribution in [0.5, 0.6) is 0 Å². The maximum absolute atomic E-state index is 12.5. The van der Waals surface area contributed by atoms with Gasteiger partial charge >= 0.3 is 5.69 Å². The largest absolute Gasteiger partial charge is 0.393 e. The maximum Gasteiger partial charge on any atom is 0.332 e. The summed E-state index contributed by atoms with van der Waals surface area (Å²) in [6.07, 6.45) is 6.49. The van der Waals surface area contributed by atoms with Crippen LogP contribution in [0.2, 0.25) is 0 Å². The van der Waals surface area contributed by atoms with Crippen LogP contribution >= 0.6 is 0 Å². The number of nitrogens with zero attached hydrogens (tertiary/aromatic N) is 5. The number of hydrogen-bond donors (Lipinski definition) is 1. The highest BCUT2D eigenvalue weighted by molar-refractivity contribution is 5.69. The van der Waals surface area contributed by atoms with Gasteiger partial charge in [-0.25, -0.2) is 9.78 Å². The third-order valence-electron chi connectivity index (χ3n) is 6.28. The van der Waals surface area contributed by atoms with Crippen molar-refractivity contribution < 1.29 is 5.11 Å². The molecule has 0 spiro atoms. The van der Waals surface area contributed by atoms with Crippen LogP contribution in [-0.4, -0.2) is 52.9 Å². The quantitative estimate of drug-likeness (QED) is 0.841. The zero-order chi connectivity index (χ0) is 18.6. The number of aromatic nitrogens is 4. The van der Waals surface area contributed by atoms with Gasteiger partial charge in [-0.3, -0.25) is 18.8 Å². The van der Waals surface area contributed by atoms with Crippen molar-refractivity contribution in [1.82, 2.24) is 23.6 Å². The summed E-state index contributed by atoms with van der Waals surface area (Å²) in [6, 6.07) is 1.34. The molecule has 0 amide bonds. The molecular formula is C18H27N5O3. The van der Waals surface area contributed by atoms with E-state index in [1.165, 1.54) is 24.5 Å². The Bertz CT molecular complexity index is 929. The van der Waals surface area contributed by atoms with E-state index in [-0.39, 0.29) is 17.4 Å². The number of aliphatic hydroxyl groups excluding tert-OH is 1. The lowest BCUT2D eigenvalue weighted by Crippen LogP contribution is -2.49. The van der Waals surface area contributed by atoms with Gasteiger partial charge in [0.05, 0.1) is 12.4 Å². The molecule has 142 valence electrons. The van der Waals surface area contributed by atoms with Crippen molar-refractivity contribution in [2.75, 3.05) is 0 Å². The molecule has 3 atom stereocenters. The van der Waals surface area contributed by atoms with Crippen LogP contribution in [0.15, 0.2) is 15.9 Å². The molecule has 8 heteroatoms. The molecular weight excluding hydrogens is 334 g/mol. The Balaban J connectivity index is 1.56. The lowest BCUT2D eigenvalue weighted by atomic mass is 9.97. The number of imidazole rings is 1. The number of hydrogen-bond acceptors (Lipinski definition) is 5. The molecule has 2 aliphatic heterocycles. The van der Waals surface area contributed by atoms with Crippen molar-refractivity contribution in [3.63, 3.8) is 0 Å². The van der Waals surface area contributed by atoms with Gasteiger partial charge in [0.15, 0.2) is 11.2 Å². The smallest absolute Gasteiger partial charge is 0.332 e. The van der Waals surface area contributed by atoms with E-state index in [1.807, 2.05) is 4.57 Å². The van der Waals surface area contributed by atoms with Gasteiger partial charge in [0.1, 0.15) is 0 Å². The van der Waals surface area contributed by atoms with E-state index < -0.39 is 0 Å². The van der Waals surface area contributed by atoms with Crippen molar-refractivity contribution >= 4 is 11.2 Å². The van der Waals surface area contributed by atoms with Crippen molar-refractivity contribution in [2.45, 2.75) is 69.8 Å². The normalized spacial score (nSPS) is 27.3. The molecule has 4 rings (SSSR count). The fourth-order valence-corrected chi connectivity index (χ4v) is 4.95. The Labute approximate surface area is 151 Å². The predicted octanol–water partition coefficient (Wildman–Crippen LogP) is 0.200. The van der Waals surface area contributed by atoms with E-state index in [9.17, 15) is 14.7 Å². The Hall–Kier alpha value is -1.93.